The smallest absolute Gasteiger partial charge is 0.219 e. The largest absolute Gasteiger partial charge is 0.476 e. The van der Waals surface area contributed by atoms with Gasteiger partial charge in [-0.2, -0.15) is 4.98 Å². The lowest BCUT2D eigenvalue weighted by molar-refractivity contribution is 0.313. The van der Waals surface area contributed by atoms with E-state index in [1.54, 1.807) is 0 Å². The van der Waals surface area contributed by atoms with Crippen molar-refractivity contribution in [3.63, 3.8) is 0 Å². The molecule has 2 aliphatic heterocycles. The van der Waals surface area contributed by atoms with Crippen LogP contribution in [0.2, 0.25) is 0 Å². The Bertz CT molecular complexity index is 422. The molecule has 2 aliphatic rings. The van der Waals surface area contributed by atoms with Gasteiger partial charge in [-0.05, 0) is 38.3 Å². The summed E-state index contributed by atoms with van der Waals surface area (Å²) in [6.07, 6.45) is 3.87. The van der Waals surface area contributed by atoms with Crippen molar-refractivity contribution >= 4 is 5.82 Å². The van der Waals surface area contributed by atoms with Crippen LogP contribution in [0.25, 0.3) is 0 Å². The van der Waals surface area contributed by atoms with Gasteiger partial charge < -0.3 is 15.0 Å². The van der Waals surface area contributed by atoms with Crippen LogP contribution in [0.3, 0.4) is 0 Å². The second-order valence-electron chi connectivity index (χ2n) is 5.20. The van der Waals surface area contributed by atoms with Gasteiger partial charge in [0.25, 0.3) is 0 Å². The highest BCUT2D eigenvalue weighted by Gasteiger charge is 2.21. The van der Waals surface area contributed by atoms with Crippen LogP contribution in [0.15, 0.2) is 12.1 Å². The maximum absolute atomic E-state index is 5.71. The molecule has 4 heteroatoms. The van der Waals surface area contributed by atoms with E-state index in [1.807, 2.05) is 0 Å². The predicted octanol–water partition coefficient (Wildman–Crippen LogP) is 1.94. The van der Waals surface area contributed by atoms with Crippen molar-refractivity contribution in [2.24, 2.45) is 0 Å². The first-order chi connectivity index (χ1) is 8.84. The lowest BCUT2D eigenvalue weighted by atomic mass is 10.0. The van der Waals surface area contributed by atoms with E-state index in [4.69, 9.17) is 9.72 Å². The SMILES string of the molecule is CC1CCCCN1c1ccc2c(n1)OCCNC2. The molecule has 98 valence electrons. The standard InChI is InChI=1S/C14H21N3O/c1-11-4-2-3-8-17(11)13-6-5-12-10-15-7-9-18-14(12)16-13/h5-6,11,15H,2-4,7-10H2,1H3. The van der Waals surface area contributed by atoms with Crippen molar-refractivity contribution in [3.8, 4) is 5.88 Å². The number of nitrogens with one attached hydrogen (secondary N) is 1. The van der Waals surface area contributed by atoms with Gasteiger partial charge in [-0.25, -0.2) is 0 Å². The summed E-state index contributed by atoms with van der Waals surface area (Å²) < 4.78 is 5.71. The van der Waals surface area contributed by atoms with Crippen molar-refractivity contribution in [3.05, 3.63) is 17.7 Å². The van der Waals surface area contributed by atoms with Gasteiger partial charge in [0.2, 0.25) is 5.88 Å². The minimum atomic E-state index is 0.591. The summed E-state index contributed by atoms with van der Waals surface area (Å²) >= 11 is 0. The molecule has 3 heterocycles. The highest BCUT2D eigenvalue weighted by atomic mass is 16.5. The van der Waals surface area contributed by atoms with Crippen LogP contribution >= 0.6 is 0 Å². The molecule has 1 atom stereocenters. The quantitative estimate of drug-likeness (QED) is 0.823. The van der Waals surface area contributed by atoms with Crippen LogP contribution in [0.4, 0.5) is 5.82 Å². The Balaban J connectivity index is 1.86. The molecule has 1 unspecified atom stereocenters. The van der Waals surface area contributed by atoms with Gasteiger partial charge in [0, 0.05) is 31.2 Å². The van der Waals surface area contributed by atoms with Gasteiger partial charge >= 0.3 is 0 Å². The van der Waals surface area contributed by atoms with E-state index in [9.17, 15) is 0 Å². The third-order valence-corrected chi connectivity index (χ3v) is 3.85. The third kappa shape index (κ3) is 2.29. The van der Waals surface area contributed by atoms with E-state index in [-0.39, 0.29) is 0 Å². The average Bonchev–Trinajstić information content (AvgIpc) is 2.63. The Kier molecular flexibility index (Phi) is 3.37. The molecular weight excluding hydrogens is 226 g/mol. The molecule has 1 aromatic heterocycles. The molecule has 18 heavy (non-hydrogen) atoms. The first kappa shape index (κ1) is 11.8. The van der Waals surface area contributed by atoms with Crippen molar-refractivity contribution in [2.45, 2.75) is 38.8 Å². The molecule has 0 bridgehead atoms. The van der Waals surface area contributed by atoms with Gasteiger partial charge in [0.15, 0.2) is 0 Å². The summed E-state index contributed by atoms with van der Waals surface area (Å²) in [5.41, 5.74) is 1.17. The molecule has 1 saturated heterocycles. The molecule has 1 fully saturated rings. The highest BCUT2D eigenvalue weighted by molar-refractivity contribution is 5.45. The summed E-state index contributed by atoms with van der Waals surface area (Å²) in [7, 11) is 0. The number of anilines is 1. The molecule has 1 N–H and O–H groups in total. The fourth-order valence-electron chi connectivity index (χ4n) is 2.76. The monoisotopic (exact) mass is 247 g/mol. The van der Waals surface area contributed by atoms with Crippen LogP contribution in [-0.2, 0) is 6.54 Å². The molecule has 0 amide bonds. The molecular formula is C14H21N3O. The summed E-state index contributed by atoms with van der Waals surface area (Å²) in [5.74, 6) is 1.89. The van der Waals surface area contributed by atoms with Gasteiger partial charge in [0.1, 0.15) is 12.4 Å². The first-order valence-corrected chi connectivity index (χ1v) is 6.94. The average molecular weight is 247 g/mol. The van der Waals surface area contributed by atoms with Crippen molar-refractivity contribution in [1.82, 2.24) is 10.3 Å². The fraction of sp³-hybridized carbons (Fsp3) is 0.643. The number of hydrogen-bond acceptors (Lipinski definition) is 4. The van der Waals surface area contributed by atoms with Crippen LogP contribution in [0.5, 0.6) is 5.88 Å². The molecule has 1 aromatic rings. The van der Waals surface area contributed by atoms with Gasteiger partial charge in [-0.1, -0.05) is 0 Å². The minimum Gasteiger partial charge on any atom is -0.476 e. The van der Waals surface area contributed by atoms with Gasteiger partial charge in [-0.3, -0.25) is 0 Å². The second kappa shape index (κ2) is 5.14. The second-order valence-corrected chi connectivity index (χ2v) is 5.20. The number of pyridine rings is 1. The van der Waals surface area contributed by atoms with E-state index in [0.29, 0.717) is 12.6 Å². The highest BCUT2D eigenvalue weighted by Crippen LogP contribution is 2.27. The van der Waals surface area contributed by atoms with Crippen LogP contribution in [0, 0.1) is 0 Å². The molecule has 0 saturated carbocycles. The fourth-order valence-corrected chi connectivity index (χ4v) is 2.76. The summed E-state index contributed by atoms with van der Waals surface area (Å²) in [4.78, 5) is 7.12. The molecule has 0 radical (unpaired) electrons. The maximum Gasteiger partial charge on any atom is 0.219 e. The van der Waals surface area contributed by atoms with E-state index >= 15 is 0 Å². The van der Waals surface area contributed by atoms with Crippen molar-refractivity contribution in [2.75, 3.05) is 24.6 Å². The Hall–Kier alpha value is -1.29. The zero-order valence-electron chi connectivity index (χ0n) is 11.0. The van der Waals surface area contributed by atoms with Crippen molar-refractivity contribution in [1.29, 1.82) is 0 Å². The van der Waals surface area contributed by atoms with Crippen LogP contribution < -0.4 is 15.0 Å². The van der Waals surface area contributed by atoms with E-state index in [1.165, 1.54) is 24.8 Å². The van der Waals surface area contributed by atoms with Gasteiger partial charge in [0.05, 0.1) is 0 Å². The normalized spacial score (nSPS) is 24.1. The Morgan fingerprint density at radius 3 is 3.22 bits per heavy atom. The first-order valence-electron chi connectivity index (χ1n) is 6.94. The van der Waals surface area contributed by atoms with Crippen LogP contribution in [0.1, 0.15) is 31.7 Å². The summed E-state index contributed by atoms with van der Waals surface area (Å²) in [6.45, 7) is 5.86. The zero-order chi connectivity index (χ0) is 12.4. The van der Waals surface area contributed by atoms with E-state index in [0.717, 1.165) is 31.3 Å². The third-order valence-electron chi connectivity index (χ3n) is 3.85. The number of fused-ring (bicyclic) bond motifs is 1. The van der Waals surface area contributed by atoms with Crippen molar-refractivity contribution < 1.29 is 4.74 Å². The summed E-state index contributed by atoms with van der Waals surface area (Å²) in [6, 6.07) is 4.88. The zero-order valence-corrected chi connectivity index (χ0v) is 11.0. The maximum atomic E-state index is 5.71. The van der Waals surface area contributed by atoms with E-state index < -0.39 is 0 Å². The predicted molar refractivity (Wildman–Crippen MR) is 72.1 cm³/mol. The Labute approximate surface area is 108 Å². The molecule has 0 spiro atoms. The van der Waals surface area contributed by atoms with E-state index in [2.05, 4.69) is 29.3 Å². The lowest BCUT2D eigenvalue weighted by Crippen LogP contribution is -2.38. The molecule has 0 aromatic carbocycles. The number of piperidine rings is 1. The molecule has 0 aliphatic carbocycles. The lowest BCUT2D eigenvalue weighted by Gasteiger charge is -2.34. The van der Waals surface area contributed by atoms with Crippen LogP contribution in [-0.4, -0.2) is 30.7 Å². The topological polar surface area (TPSA) is 37.4 Å². The Morgan fingerprint density at radius 1 is 1.39 bits per heavy atom. The summed E-state index contributed by atoms with van der Waals surface area (Å²) in [5, 5.41) is 3.33. The number of hydrogen-bond donors (Lipinski definition) is 1. The van der Waals surface area contributed by atoms with Gasteiger partial charge in [-0.15, -0.1) is 0 Å². The number of rotatable bonds is 1. The number of nitrogens with zero attached hydrogens (tertiary/aromatic N) is 2. The molecule has 3 rings (SSSR count). The number of ether oxygens (including phenoxy) is 1. The minimum absolute atomic E-state index is 0.591. The number of aromatic nitrogens is 1. The Morgan fingerprint density at radius 2 is 2.33 bits per heavy atom. The molecule has 4 nitrogen and oxygen atoms in total.